The Kier molecular flexibility index (Phi) is 11.5. The minimum atomic E-state index is 0.148. The standard InChI is InChI=1S/C29H43ClN2O3/c1-4-18-32(24-11-12-25-23(21-24)10-14-28(34-2)29(25)35-3)19-8-6-5-7-16-31-17-15-22-9-13-27(33)26(30)20-22/h9-10,13-14,20,24,31,33H,4-8,11-12,15-19,21H2,1-3H3. The molecule has 6 heteroatoms. The van der Waals surface area contributed by atoms with Crippen molar-refractivity contribution in [2.45, 2.75) is 70.8 Å². The summed E-state index contributed by atoms with van der Waals surface area (Å²) in [4.78, 5) is 2.72. The molecule has 0 aromatic heterocycles. The molecule has 0 spiro atoms. The highest BCUT2D eigenvalue weighted by Crippen LogP contribution is 2.38. The topological polar surface area (TPSA) is 54.0 Å². The predicted molar refractivity (Wildman–Crippen MR) is 145 cm³/mol. The molecule has 5 nitrogen and oxygen atoms in total. The number of nitrogens with zero attached hydrogens (tertiary/aromatic N) is 1. The van der Waals surface area contributed by atoms with Crippen molar-refractivity contribution < 1.29 is 14.6 Å². The molecule has 2 aromatic carbocycles. The van der Waals surface area contributed by atoms with Crippen molar-refractivity contribution >= 4 is 11.6 Å². The van der Waals surface area contributed by atoms with Gasteiger partial charge in [0, 0.05) is 11.6 Å². The summed E-state index contributed by atoms with van der Waals surface area (Å²) in [5, 5.41) is 13.5. The number of phenols is 1. The summed E-state index contributed by atoms with van der Waals surface area (Å²) in [6, 6.07) is 10.4. The van der Waals surface area contributed by atoms with Crippen LogP contribution in [0.15, 0.2) is 30.3 Å². The zero-order valence-corrected chi connectivity index (χ0v) is 22.5. The minimum absolute atomic E-state index is 0.148. The maximum Gasteiger partial charge on any atom is 0.164 e. The summed E-state index contributed by atoms with van der Waals surface area (Å²) in [5.41, 5.74) is 3.90. The van der Waals surface area contributed by atoms with Crippen molar-refractivity contribution in [1.82, 2.24) is 10.2 Å². The van der Waals surface area contributed by atoms with Crippen LogP contribution in [0, 0.1) is 0 Å². The summed E-state index contributed by atoms with van der Waals surface area (Å²) >= 11 is 5.98. The van der Waals surface area contributed by atoms with Crippen LogP contribution in [0.2, 0.25) is 5.02 Å². The first-order valence-corrected chi connectivity index (χ1v) is 13.6. The van der Waals surface area contributed by atoms with Gasteiger partial charge in [0.15, 0.2) is 11.5 Å². The Morgan fingerprint density at radius 3 is 2.60 bits per heavy atom. The fourth-order valence-electron chi connectivity index (χ4n) is 5.22. The number of nitrogens with one attached hydrogen (secondary N) is 1. The summed E-state index contributed by atoms with van der Waals surface area (Å²) in [6.45, 7) is 6.64. The molecule has 0 fully saturated rings. The number of benzene rings is 2. The Balaban J connectivity index is 1.34. The number of unbranched alkanes of at least 4 members (excludes halogenated alkanes) is 3. The number of hydrogen-bond donors (Lipinski definition) is 2. The van der Waals surface area contributed by atoms with E-state index in [0.29, 0.717) is 11.1 Å². The van der Waals surface area contributed by atoms with Gasteiger partial charge in [-0.05, 0) is 100 Å². The maximum absolute atomic E-state index is 9.51. The van der Waals surface area contributed by atoms with Gasteiger partial charge < -0.3 is 24.8 Å². The van der Waals surface area contributed by atoms with Crippen LogP contribution in [-0.4, -0.2) is 56.4 Å². The zero-order valence-electron chi connectivity index (χ0n) is 21.7. The van der Waals surface area contributed by atoms with E-state index in [1.165, 1.54) is 62.7 Å². The maximum atomic E-state index is 9.51. The lowest BCUT2D eigenvalue weighted by atomic mass is 9.86. The first-order chi connectivity index (χ1) is 17.1. The van der Waals surface area contributed by atoms with Crippen LogP contribution in [0.5, 0.6) is 17.2 Å². The summed E-state index contributed by atoms with van der Waals surface area (Å²) < 4.78 is 11.2. The van der Waals surface area contributed by atoms with E-state index in [1.807, 2.05) is 12.1 Å². The van der Waals surface area contributed by atoms with E-state index in [-0.39, 0.29) is 5.75 Å². The summed E-state index contributed by atoms with van der Waals surface area (Å²) in [7, 11) is 3.46. The Bertz CT molecular complexity index is 921. The first-order valence-electron chi connectivity index (χ1n) is 13.2. The molecule has 0 aliphatic heterocycles. The number of hydrogen-bond acceptors (Lipinski definition) is 5. The van der Waals surface area contributed by atoms with Crippen molar-refractivity contribution in [3.63, 3.8) is 0 Å². The molecule has 0 saturated heterocycles. The molecular formula is C29H43ClN2O3. The third-order valence-electron chi connectivity index (χ3n) is 7.11. The number of ether oxygens (including phenoxy) is 2. The molecule has 0 radical (unpaired) electrons. The fraction of sp³-hybridized carbons (Fsp3) is 0.586. The fourth-order valence-corrected chi connectivity index (χ4v) is 5.42. The van der Waals surface area contributed by atoms with Crippen LogP contribution < -0.4 is 14.8 Å². The van der Waals surface area contributed by atoms with E-state index in [1.54, 1.807) is 20.3 Å². The third kappa shape index (κ3) is 8.03. The van der Waals surface area contributed by atoms with Crippen molar-refractivity contribution in [1.29, 1.82) is 0 Å². The number of methoxy groups -OCH3 is 2. The molecule has 1 aliphatic rings. The van der Waals surface area contributed by atoms with Crippen LogP contribution in [0.3, 0.4) is 0 Å². The Hall–Kier alpha value is -1.95. The highest BCUT2D eigenvalue weighted by Gasteiger charge is 2.27. The lowest BCUT2D eigenvalue weighted by molar-refractivity contribution is 0.175. The Morgan fingerprint density at radius 2 is 1.86 bits per heavy atom. The highest BCUT2D eigenvalue weighted by molar-refractivity contribution is 6.32. The molecular weight excluding hydrogens is 460 g/mol. The molecule has 0 saturated carbocycles. The first kappa shape index (κ1) is 27.6. The van der Waals surface area contributed by atoms with Gasteiger partial charge in [-0.25, -0.2) is 0 Å². The number of rotatable bonds is 15. The van der Waals surface area contributed by atoms with Gasteiger partial charge >= 0.3 is 0 Å². The van der Waals surface area contributed by atoms with E-state index in [9.17, 15) is 5.11 Å². The van der Waals surface area contributed by atoms with E-state index >= 15 is 0 Å². The van der Waals surface area contributed by atoms with E-state index in [2.05, 4.69) is 29.3 Å². The van der Waals surface area contributed by atoms with Gasteiger partial charge in [-0.1, -0.05) is 43.5 Å². The van der Waals surface area contributed by atoms with Crippen LogP contribution in [-0.2, 0) is 19.3 Å². The second kappa shape index (κ2) is 14.6. The molecule has 194 valence electrons. The van der Waals surface area contributed by atoms with E-state index < -0.39 is 0 Å². The van der Waals surface area contributed by atoms with Crippen molar-refractivity contribution in [3.8, 4) is 17.2 Å². The molecule has 0 bridgehead atoms. The third-order valence-corrected chi connectivity index (χ3v) is 7.41. The van der Waals surface area contributed by atoms with Crippen LogP contribution in [0.1, 0.15) is 62.1 Å². The van der Waals surface area contributed by atoms with Crippen LogP contribution >= 0.6 is 11.6 Å². The lowest BCUT2D eigenvalue weighted by Gasteiger charge is -2.36. The number of aromatic hydroxyl groups is 1. The van der Waals surface area contributed by atoms with Crippen molar-refractivity contribution in [3.05, 3.63) is 52.0 Å². The molecule has 2 aromatic rings. The molecule has 2 N–H and O–H groups in total. The average Bonchev–Trinajstić information content (AvgIpc) is 2.87. The number of fused-ring (bicyclic) bond motifs is 1. The van der Waals surface area contributed by atoms with E-state index in [4.69, 9.17) is 21.1 Å². The van der Waals surface area contributed by atoms with Crippen molar-refractivity contribution in [2.75, 3.05) is 40.4 Å². The van der Waals surface area contributed by atoms with Gasteiger partial charge in [0.2, 0.25) is 0 Å². The van der Waals surface area contributed by atoms with Crippen LogP contribution in [0.4, 0.5) is 0 Å². The highest BCUT2D eigenvalue weighted by atomic mass is 35.5. The molecule has 1 atom stereocenters. The monoisotopic (exact) mass is 502 g/mol. The second-order valence-corrected chi connectivity index (χ2v) is 9.98. The molecule has 0 amide bonds. The lowest BCUT2D eigenvalue weighted by Crippen LogP contribution is -2.40. The average molecular weight is 503 g/mol. The summed E-state index contributed by atoms with van der Waals surface area (Å²) in [5.74, 6) is 1.91. The largest absolute Gasteiger partial charge is 0.506 e. The van der Waals surface area contributed by atoms with Gasteiger partial charge in [0.1, 0.15) is 5.75 Å². The quantitative estimate of drug-likeness (QED) is 0.291. The van der Waals surface area contributed by atoms with Gasteiger partial charge in [0.05, 0.1) is 19.2 Å². The molecule has 0 heterocycles. The normalized spacial score (nSPS) is 15.3. The van der Waals surface area contributed by atoms with Gasteiger partial charge in [-0.3, -0.25) is 0 Å². The SMILES string of the molecule is CCCN(CCCCCCNCCc1ccc(O)c(Cl)c1)C1CCc2c(ccc(OC)c2OC)C1. The molecule has 35 heavy (non-hydrogen) atoms. The summed E-state index contributed by atoms with van der Waals surface area (Å²) in [6.07, 6.45) is 10.5. The number of halogens is 1. The second-order valence-electron chi connectivity index (χ2n) is 9.57. The van der Waals surface area contributed by atoms with E-state index in [0.717, 1.165) is 49.4 Å². The van der Waals surface area contributed by atoms with Gasteiger partial charge in [-0.15, -0.1) is 0 Å². The van der Waals surface area contributed by atoms with Gasteiger partial charge in [-0.2, -0.15) is 0 Å². The van der Waals surface area contributed by atoms with Crippen molar-refractivity contribution in [2.24, 2.45) is 0 Å². The molecule has 1 aliphatic carbocycles. The van der Waals surface area contributed by atoms with Gasteiger partial charge in [0.25, 0.3) is 0 Å². The smallest absolute Gasteiger partial charge is 0.164 e. The predicted octanol–water partition coefficient (Wildman–Crippen LogP) is 6.02. The molecule has 1 unspecified atom stereocenters. The number of phenolic OH excluding ortho intramolecular Hbond substituents is 1. The zero-order chi connectivity index (χ0) is 25.0. The Labute approximate surface area is 216 Å². The molecule has 3 rings (SSSR count). The minimum Gasteiger partial charge on any atom is -0.506 e. The Morgan fingerprint density at radius 1 is 1.03 bits per heavy atom. The van der Waals surface area contributed by atoms with Crippen LogP contribution in [0.25, 0.3) is 0 Å².